The van der Waals surface area contributed by atoms with E-state index in [2.05, 4.69) is 17.4 Å². The smallest absolute Gasteiger partial charge is 0.410 e. The Balaban J connectivity index is 1.67. The minimum atomic E-state index is -0.389. The van der Waals surface area contributed by atoms with Gasteiger partial charge in [-0.2, -0.15) is 0 Å². The molecule has 5 heteroatoms. The molecule has 1 N–H and O–H groups in total. The fourth-order valence-electron chi connectivity index (χ4n) is 4.27. The maximum Gasteiger partial charge on any atom is 0.410 e. The molecule has 2 heterocycles. The van der Waals surface area contributed by atoms with Crippen molar-refractivity contribution >= 4 is 6.09 Å². The highest BCUT2D eigenvalue weighted by Crippen LogP contribution is 2.39. The van der Waals surface area contributed by atoms with Crippen LogP contribution in [0.2, 0.25) is 0 Å². The van der Waals surface area contributed by atoms with Gasteiger partial charge in [-0.25, -0.2) is 4.79 Å². The predicted molar refractivity (Wildman–Crippen MR) is 98.9 cm³/mol. The molecule has 0 aliphatic carbocycles. The fourth-order valence-corrected chi connectivity index (χ4v) is 4.27. The lowest BCUT2D eigenvalue weighted by molar-refractivity contribution is 0.00277. The van der Waals surface area contributed by atoms with Crippen molar-refractivity contribution in [2.75, 3.05) is 26.8 Å². The molecular weight excluding hydrogens is 328 g/mol. The summed E-state index contributed by atoms with van der Waals surface area (Å²) in [6, 6.07) is 20.3. The number of benzene rings is 2. The van der Waals surface area contributed by atoms with Crippen molar-refractivity contribution in [3.05, 3.63) is 71.8 Å². The highest BCUT2D eigenvalue weighted by Gasteiger charge is 2.56. The predicted octanol–water partition coefficient (Wildman–Crippen LogP) is 2.56. The number of nitrogens with zero attached hydrogens (tertiary/aromatic N) is 1. The van der Waals surface area contributed by atoms with Gasteiger partial charge < -0.3 is 14.8 Å². The molecule has 0 unspecified atom stereocenters. The van der Waals surface area contributed by atoms with Gasteiger partial charge in [0.25, 0.3) is 0 Å². The van der Waals surface area contributed by atoms with E-state index in [1.807, 2.05) is 53.4 Å². The summed E-state index contributed by atoms with van der Waals surface area (Å²) in [5, 5.41) is 3.51. The van der Waals surface area contributed by atoms with Gasteiger partial charge in [-0.1, -0.05) is 60.7 Å². The molecule has 3 atom stereocenters. The van der Waals surface area contributed by atoms with Gasteiger partial charge >= 0.3 is 6.09 Å². The molecule has 0 aromatic heterocycles. The second-order valence-corrected chi connectivity index (χ2v) is 7.07. The topological polar surface area (TPSA) is 50.8 Å². The van der Waals surface area contributed by atoms with Crippen LogP contribution >= 0.6 is 0 Å². The first kappa shape index (κ1) is 17.1. The summed E-state index contributed by atoms with van der Waals surface area (Å²) in [6.07, 6.45) is -0.480. The van der Waals surface area contributed by atoms with Gasteiger partial charge in [-0.05, 0) is 11.1 Å². The maximum atomic E-state index is 12.7. The van der Waals surface area contributed by atoms with E-state index < -0.39 is 0 Å². The second-order valence-electron chi connectivity index (χ2n) is 7.07. The number of carbonyl (C=O) groups excluding carboxylic acids is 1. The Kier molecular flexibility index (Phi) is 4.66. The molecule has 2 fully saturated rings. The third kappa shape index (κ3) is 2.87. The number of methoxy groups -OCH3 is 1. The maximum absolute atomic E-state index is 12.7. The average molecular weight is 352 g/mol. The number of piperidine rings is 1. The van der Waals surface area contributed by atoms with Gasteiger partial charge in [0, 0.05) is 26.7 Å². The Bertz CT molecular complexity index is 748. The first-order valence-corrected chi connectivity index (χ1v) is 9.01. The van der Waals surface area contributed by atoms with Crippen LogP contribution in [0.15, 0.2) is 60.7 Å². The van der Waals surface area contributed by atoms with Crippen LogP contribution in [0.3, 0.4) is 0 Å². The minimum Gasteiger partial charge on any atom is -0.443 e. The molecule has 1 amide bonds. The zero-order chi connectivity index (χ0) is 18.0. The lowest BCUT2D eigenvalue weighted by Crippen LogP contribution is -2.63. The Morgan fingerprint density at radius 3 is 2.54 bits per heavy atom. The molecule has 2 saturated heterocycles. The van der Waals surface area contributed by atoms with Gasteiger partial charge in [0.1, 0.15) is 6.10 Å². The van der Waals surface area contributed by atoms with Crippen molar-refractivity contribution in [2.24, 2.45) is 0 Å². The van der Waals surface area contributed by atoms with Crippen molar-refractivity contribution in [2.45, 2.75) is 24.1 Å². The molecule has 2 aliphatic rings. The summed E-state index contributed by atoms with van der Waals surface area (Å²) in [5.41, 5.74) is 1.85. The fraction of sp³-hybridized carbons (Fsp3) is 0.381. The Morgan fingerprint density at radius 2 is 1.85 bits per heavy atom. The third-order valence-corrected chi connectivity index (χ3v) is 5.50. The molecule has 0 bridgehead atoms. The van der Waals surface area contributed by atoms with Gasteiger partial charge in [0.15, 0.2) is 0 Å². The quantitative estimate of drug-likeness (QED) is 0.899. The van der Waals surface area contributed by atoms with E-state index in [0.717, 1.165) is 24.2 Å². The Hall–Kier alpha value is -2.37. The highest BCUT2D eigenvalue weighted by atomic mass is 16.6. The van der Waals surface area contributed by atoms with Crippen LogP contribution in [0.4, 0.5) is 4.79 Å². The van der Waals surface area contributed by atoms with Crippen LogP contribution in [0.25, 0.3) is 0 Å². The van der Waals surface area contributed by atoms with Crippen LogP contribution < -0.4 is 5.32 Å². The summed E-state index contributed by atoms with van der Waals surface area (Å²) in [4.78, 5) is 14.6. The number of carbonyl (C=O) groups is 1. The molecule has 26 heavy (non-hydrogen) atoms. The van der Waals surface area contributed by atoms with E-state index in [1.54, 1.807) is 7.11 Å². The van der Waals surface area contributed by atoms with Crippen molar-refractivity contribution in [1.82, 2.24) is 10.2 Å². The SMILES string of the molecule is COC[C@@]1(c2ccccc2)CNC[C@H]2[C@@H]1OC(=O)N2Cc1ccccc1. The van der Waals surface area contributed by atoms with Crippen molar-refractivity contribution in [1.29, 1.82) is 0 Å². The first-order chi connectivity index (χ1) is 12.7. The van der Waals surface area contributed by atoms with Crippen molar-refractivity contribution in [3.63, 3.8) is 0 Å². The lowest BCUT2D eigenvalue weighted by Gasteiger charge is -2.44. The molecule has 2 aliphatic heterocycles. The van der Waals surface area contributed by atoms with Crippen molar-refractivity contribution < 1.29 is 14.3 Å². The number of amides is 1. The van der Waals surface area contributed by atoms with E-state index in [1.165, 1.54) is 0 Å². The van der Waals surface area contributed by atoms with Crippen LogP contribution in [0.5, 0.6) is 0 Å². The van der Waals surface area contributed by atoms with E-state index in [0.29, 0.717) is 13.2 Å². The van der Waals surface area contributed by atoms with Crippen molar-refractivity contribution in [3.8, 4) is 0 Å². The number of ether oxygens (including phenoxy) is 2. The Labute approximate surface area is 153 Å². The number of hydrogen-bond acceptors (Lipinski definition) is 4. The van der Waals surface area contributed by atoms with Crippen LogP contribution in [0.1, 0.15) is 11.1 Å². The first-order valence-electron chi connectivity index (χ1n) is 9.01. The highest BCUT2D eigenvalue weighted by molar-refractivity contribution is 5.71. The monoisotopic (exact) mass is 352 g/mol. The summed E-state index contributed by atoms with van der Waals surface area (Å²) in [7, 11) is 1.70. The van der Waals surface area contributed by atoms with Crippen LogP contribution in [-0.2, 0) is 21.4 Å². The number of hydrogen-bond donors (Lipinski definition) is 1. The van der Waals surface area contributed by atoms with Crippen LogP contribution in [-0.4, -0.2) is 49.9 Å². The van der Waals surface area contributed by atoms with Gasteiger partial charge in [0.05, 0.1) is 18.1 Å². The molecule has 4 rings (SSSR count). The zero-order valence-corrected chi connectivity index (χ0v) is 14.9. The normalized spacial score (nSPS) is 27.9. The molecular formula is C21H24N2O3. The van der Waals surface area contributed by atoms with E-state index in [9.17, 15) is 4.79 Å². The van der Waals surface area contributed by atoms with Gasteiger partial charge in [0.2, 0.25) is 0 Å². The summed E-state index contributed by atoms with van der Waals surface area (Å²) in [6.45, 7) is 2.50. The van der Waals surface area contributed by atoms with E-state index in [4.69, 9.17) is 9.47 Å². The van der Waals surface area contributed by atoms with E-state index >= 15 is 0 Å². The largest absolute Gasteiger partial charge is 0.443 e. The van der Waals surface area contributed by atoms with Gasteiger partial charge in [-0.3, -0.25) is 4.90 Å². The second kappa shape index (κ2) is 7.09. The minimum absolute atomic E-state index is 0.0215. The molecule has 2 aromatic rings. The van der Waals surface area contributed by atoms with Gasteiger partial charge in [-0.15, -0.1) is 0 Å². The summed E-state index contributed by atoms with van der Waals surface area (Å²) >= 11 is 0. The standard InChI is InChI=1S/C21H24N2O3/c1-25-15-21(17-10-6-3-7-11-17)14-22-12-18-19(21)26-20(24)23(18)13-16-8-4-2-5-9-16/h2-11,18-19,22H,12-15H2,1H3/t18-,19-,21+/m0/s1. The summed E-state index contributed by atoms with van der Waals surface area (Å²) < 4.78 is 11.5. The molecule has 0 spiro atoms. The molecule has 5 nitrogen and oxygen atoms in total. The molecule has 2 aromatic carbocycles. The summed E-state index contributed by atoms with van der Waals surface area (Å²) in [5.74, 6) is 0. The zero-order valence-electron chi connectivity index (χ0n) is 14.9. The third-order valence-electron chi connectivity index (χ3n) is 5.50. The Morgan fingerprint density at radius 1 is 1.15 bits per heavy atom. The number of fused-ring (bicyclic) bond motifs is 1. The average Bonchev–Trinajstić information content (AvgIpc) is 3.00. The number of nitrogens with one attached hydrogen (secondary N) is 1. The molecule has 136 valence electrons. The number of rotatable bonds is 5. The van der Waals surface area contributed by atoms with E-state index in [-0.39, 0.29) is 23.7 Å². The molecule has 0 radical (unpaired) electrons. The molecule has 0 saturated carbocycles. The lowest BCUT2D eigenvalue weighted by atomic mass is 9.71. The van der Waals surface area contributed by atoms with Crippen LogP contribution in [0, 0.1) is 0 Å².